The van der Waals surface area contributed by atoms with Crippen LogP contribution in [0.2, 0.25) is 0 Å². The van der Waals surface area contributed by atoms with Crippen LogP contribution in [0.5, 0.6) is 5.88 Å². The first-order valence-electron chi connectivity index (χ1n) is 5.77. The molecule has 0 saturated carbocycles. The first-order valence-corrected chi connectivity index (χ1v) is 7.71. The Morgan fingerprint density at radius 2 is 2.17 bits per heavy atom. The number of hydrogen-bond donors (Lipinski definition) is 1. The normalized spacial score (nSPS) is 26.2. The van der Waals surface area contributed by atoms with E-state index in [0.29, 0.717) is 35.1 Å². The molecule has 7 heteroatoms. The Morgan fingerprint density at radius 3 is 2.94 bits per heavy atom. The van der Waals surface area contributed by atoms with Gasteiger partial charge in [-0.2, -0.15) is 0 Å². The number of rotatable bonds is 0. The predicted molar refractivity (Wildman–Crippen MR) is 69.8 cm³/mol. The molecule has 1 unspecified atom stereocenters. The Balaban J connectivity index is 1.99. The van der Waals surface area contributed by atoms with E-state index in [0.717, 1.165) is 12.8 Å². The topological polar surface area (TPSA) is 60.5 Å². The van der Waals surface area contributed by atoms with Crippen LogP contribution in [0.15, 0.2) is 21.6 Å². The molecule has 0 amide bonds. The number of nitrogens with zero attached hydrogens (tertiary/aromatic N) is 1. The lowest BCUT2D eigenvalue weighted by atomic mass is 9.94. The maximum atomic E-state index is 12.1. The fourth-order valence-electron chi connectivity index (χ4n) is 2.16. The summed E-state index contributed by atoms with van der Waals surface area (Å²) in [6, 6.07) is 3.54. The average Bonchev–Trinajstić information content (AvgIpc) is 2.49. The van der Waals surface area contributed by atoms with E-state index in [9.17, 15) is 4.21 Å². The van der Waals surface area contributed by atoms with Crippen LogP contribution in [0.1, 0.15) is 12.8 Å². The fourth-order valence-corrected chi connectivity index (χ4v) is 3.44. The van der Waals surface area contributed by atoms with Gasteiger partial charge < -0.3 is 9.47 Å². The van der Waals surface area contributed by atoms with Gasteiger partial charge in [-0.1, -0.05) is 0 Å². The minimum absolute atomic E-state index is 0.354. The molecule has 0 aliphatic carbocycles. The lowest BCUT2D eigenvalue weighted by molar-refractivity contribution is -0.0443. The third-order valence-electron chi connectivity index (χ3n) is 3.23. The Labute approximate surface area is 116 Å². The number of nitrogens with one attached hydrogen (secondary N) is 1. The van der Waals surface area contributed by atoms with Crippen molar-refractivity contribution in [1.29, 1.82) is 0 Å². The van der Waals surface area contributed by atoms with E-state index in [4.69, 9.17) is 9.47 Å². The number of ether oxygens (including phenoxy) is 2. The standard InChI is InChI=1S/C11H13BrN2O3S/c12-9-2-1-8-10(14-9)17-11(7-13-18(8)15)3-5-16-6-4-11/h1-2,13H,3-7H2. The van der Waals surface area contributed by atoms with E-state index in [1.165, 1.54) is 0 Å². The predicted octanol–water partition coefficient (Wildman–Crippen LogP) is 1.40. The molecule has 1 saturated heterocycles. The van der Waals surface area contributed by atoms with Gasteiger partial charge in [0.1, 0.15) is 26.1 Å². The summed E-state index contributed by atoms with van der Waals surface area (Å²) >= 11 is 3.31. The van der Waals surface area contributed by atoms with Gasteiger partial charge in [-0.25, -0.2) is 13.9 Å². The molecule has 1 atom stereocenters. The van der Waals surface area contributed by atoms with Crippen LogP contribution in [0, 0.1) is 0 Å². The molecule has 2 aliphatic heterocycles. The summed E-state index contributed by atoms with van der Waals surface area (Å²) in [6.07, 6.45) is 1.57. The Bertz CT molecular complexity index is 491. The smallest absolute Gasteiger partial charge is 0.233 e. The summed E-state index contributed by atoms with van der Waals surface area (Å²) in [5.74, 6) is 0.453. The van der Waals surface area contributed by atoms with Gasteiger partial charge in [-0.15, -0.1) is 0 Å². The van der Waals surface area contributed by atoms with Crippen molar-refractivity contribution in [2.24, 2.45) is 0 Å². The van der Waals surface area contributed by atoms with Crippen molar-refractivity contribution in [2.75, 3.05) is 19.8 Å². The summed E-state index contributed by atoms with van der Waals surface area (Å²) in [5, 5.41) is 0. The van der Waals surface area contributed by atoms with Crippen molar-refractivity contribution in [2.45, 2.75) is 23.3 Å². The maximum Gasteiger partial charge on any atom is 0.233 e. The molecule has 98 valence electrons. The zero-order chi connectivity index (χ0) is 12.6. The zero-order valence-corrected chi connectivity index (χ0v) is 12.1. The van der Waals surface area contributed by atoms with Crippen LogP contribution >= 0.6 is 15.9 Å². The quantitative estimate of drug-likeness (QED) is 0.729. The van der Waals surface area contributed by atoms with Crippen molar-refractivity contribution in [3.8, 4) is 5.88 Å². The Morgan fingerprint density at radius 1 is 1.39 bits per heavy atom. The minimum Gasteiger partial charge on any atom is -0.469 e. The highest BCUT2D eigenvalue weighted by molar-refractivity contribution is 9.10. The SMILES string of the molecule is O=S1NCC2(CCOCC2)Oc2nc(Br)ccc21. The Kier molecular flexibility index (Phi) is 3.40. The third-order valence-corrected chi connectivity index (χ3v) is 4.79. The van der Waals surface area contributed by atoms with Gasteiger partial charge in [0.2, 0.25) is 5.88 Å². The van der Waals surface area contributed by atoms with Crippen molar-refractivity contribution in [1.82, 2.24) is 9.71 Å². The third kappa shape index (κ3) is 2.32. The Hall–Kier alpha value is -0.500. The van der Waals surface area contributed by atoms with E-state index < -0.39 is 11.0 Å². The van der Waals surface area contributed by atoms with E-state index in [-0.39, 0.29) is 5.60 Å². The molecule has 1 fully saturated rings. The molecule has 0 aromatic carbocycles. The lowest BCUT2D eigenvalue weighted by Gasteiger charge is -2.35. The summed E-state index contributed by atoms with van der Waals surface area (Å²) in [7, 11) is -1.27. The molecule has 2 aliphatic rings. The highest BCUT2D eigenvalue weighted by Crippen LogP contribution is 2.33. The molecular weight excluding hydrogens is 320 g/mol. The van der Waals surface area contributed by atoms with E-state index in [1.54, 1.807) is 12.1 Å². The van der Waals surface area contributed by atoms with Crippen LogP contribution in [0.3, 0.4) is 0 Å². The fraction of sp³-hybridized carbons (Fsp3) is 0.545. The number of aromatic nitrogens is 1. The van der Waals surface area contributed by atoms with Crippen molar-refractivity contribution < 1.29 is 13.7 Å². The monoisotopic (exact) mass is 332 g/mol. The van der Waals surface area contributed by atoms with Crippen molar-refractivity contribution in [3.63, 3.8) is 0 Å². The first-order chi connectivity index (χ1) is 8.69. The van der Waals surface area contributed by atoms with Gasteiger partial charge in [0.15, 0.2) is 0 Å². The number of halogens is 1. The molecule has 0 radical (unpaired) electrons. The molecule has 1 N–H and O–H groups in total. The van der Waals surface area contributed by atoms with E-state index >= 15 is 0 Å². The second kappa shape index (κ2) is 4.88. The molecule has 1 aromatic heterocycles. The maximum absolute atomic E-state index is 12.1. The highest BCUT2D eigenvalue weighted by atomic mass is 79.9. The summed E-state index contributed by atoms with van der Waals surface area (Å²) in [4.78, 5) is 4.89. The summed E-state index contributed by atoms with van der Waals surface area (Å²) < 4.78 is 27.2. The lowest BCUT2D eigenvalue weighted by Crippen LogP contribution is -2.48. The van der Waals surface area contributed by atoms with E-state index in [2.05, 4.69) is 25.6 Å². The van der Waals surface area contributed by atoms with Gasteiger partial charge in [0, 0.05) is 19.4 Å². The van der Waals surface area contributed by atoms with Crippen LogP contribution in [-0.2, 0) is 15.7 Å². The van der Waals surface area contributed by atoms with Gasteiger partial charge in [-0.3, -0.25) is 0 Å². The molecule has 0 bridgehead atoms. The van der Waals surface area contributed by atoms with Crippen molar-refractivity contribution >= 4 is 26.9 Å². The van der Waals surface area contributed by atoms with Crippen molar-refractivity contribution in [3.05, 3.63) is 16.7 Å². The number of pyridine rings is 1. The molecule has 1 aromatic rings. The summed E-state index contributed by atoms with van der Waals surface area (Å²) in [5.41, 5.74) is -0.354. The highest BCUT2D eigenvalue weighted by Gasteiger charge is 2.39. The van der Waals surface area contributed by atoms with Gasteiger partial charge in [0.25, 0.3) is 0 Å². The van der Waals surface area contributed by atoms with Gasteiger partial charge >= 0.3 is 0 Å². The molecule has 3 rings (SSSR count). The second-order valence-corrected chi connectivity index (χ2v) is 6.50. The minimum atomic E-state index is -1.27. The van der Waals surface area contributed by atoms with Crippen LogP contribution in [-0.4, -0.2) is 34.6 Å². The van der Waals surface area contributed by atoms with Gasteiger partial charge in [-0.05, 0) is 28.1 Å². The largest absolute Gasteiger partial charge is 0.469 e. The van der Waals surface area contributed by atoms with Crippen LogP contribution in [0.4, 0.5) is 0 Å². The van der Waals surface area contributed by atoms with Gasteiger partial charge in [0.05, 0.1) is 13.2 Å². The van der Waals surface area contributed by atoms with Crippen LogP contribution in [0.25, 0.3) is 0 Å². The van der Waals surface area contributed by atoms with Crippen LogP contribution < -0.4 is 9.46 Å². The summed E-state index contributed by atoms with van der Waals surface area (Å²) in [6.45, 7) is 1.88. The number of hydrogen-bond acceptors (Lipinski definition) is 4. The molecule has 18 heavy (non-hydrogen) atoms. The molecule has 3 heterocycles. The molecular formula is C11H13BrN2O3S. The molecule has 1 spiro atoms. The second-order valence-electron chi connectivity index (χ2n) is 4.42. The average molecular weight is 333 g/mol. The number of fused-ring (bicyclic) bond motifs is 1. The van der Waals surface area contributed by atoms with E-state index in [1.807, 2.05) is 0 Å². The zero-order valence-electron chi connectivity index (χ0n) is 9.65. The first kappa shape index (κ1) is 12.5. The molecule has 5 nitrogen and oxygen atoms in total.